The van der Waals surface area contributed by atoms with Crippen molar-refractivity contribution in [2.24, 2.45) is 0 Å². The van der Waals surface area contributed by atoms with Crippen molar-refractivity contribution in [3.8, 4) is 6.07 Å². The van der Waals surface area contributed by atoms with Gasteiger partial charge in [-0.15, -0.1) is 0 Å². The molecule has 0 spiro atoms. The highest BCUT2D eigenvalue weighted by molar-refractivity contribution is 5.94. The third kappa shape index (κ3) is 2.15. The zero-order valence-corrected chi connectivity index (χ0v) is 8.27. The summed E-state index contributed by atoms with van der Waals surface area (Å²) >= 11 is 0. The molecule has 18 heavy (non-hydrogen) atoms. The first kappa shape index (κ1) is 13.6. The van der Waals surface area contributed by atoms with Crippen LogP contribution in [-0.4, -0.2) is 11.1 Å². The molecule has 0 aromatic heterocycles. The van der Waals surface area contributed by atoms with Crippen LogP contribution in [0.1, 0.15) is 5.56 Å². The molecule has 0 bridgehead atoms. The summed E-state index contributed by atoms with van der Waals surface area (Å²) < 4.78 is 64.6. The van der Waals surface area contributed by atoms with Gasteiger partial charge in [-0.05, 0) is 0 Å². The van der Waals surface area contributed by atoms with Gasteiger partial charge in [0.05, 0.1) is 11.1 Å². The lowest BCUT2D eigenvalue weighted by molar-refractivity contribution is -0.131. The third-order valence-corrected chi connectivity index (χ3v) is 1.87. The van der Waals surface area contributed by atoms with Gasteiger partial charge in [-0.25, -0.2) is 26.7 Å². The van der Waals surface area contributed by atoms with Crippen LogP contribution < -0.4 is 0 Å². The molecule has 1 aromatic rings. The summed E-state index contributed by atoms with van der Waals surface area (Å²) in [5, 5.41) is 16.8. The van der Waals surface area contributed by atoms with Gasteiger partial charge in [0.15, 0.2) is 23.3 Å². The van der Waals surface area contributed by atoms with E-state index in [9.17, 15) is 26.7 Å². The van der Waals surface area contributed by atoms with Gasteiger partial charge in [0, 0.05) is 6.08 Å². The van der Waals surface area contributed by atoms with Crippen molar-refractivity contribution in [2.75, 3.05) is 0 Å². The lowest BCUT2D eigenvalue weighted by atomic mass is 10.0. The fourth-order valence-electron chi connectivity index (χ4n) is 1.13. The highest BCUT2D eigenvalue weighted by Gasteiger charge is 2.28. The number of carboxylic acids is 1. The second kappa shape index (κ2) is 4.83. The molecule has 0 heterocycles. The molecule has 0 unspecified atom stereocenters. The number of carboxylic acid groups (broad SMARTS) is 1. The molecule has 0 aliphatic carbocycles. The summed E-state index contributed by atoms with van der Waals surface area (Å²) in [4.78, 5) is 10.3. The number of nitrogens with zero attached hydrogens (tertiary/aromatic N) is 1. The number of carbonyl (C=O) groups is 1. The average molecular weight is 263 g/mol. The minimum absolute atomic E-state index is 0.0400. The maximum Gasteiger partial charge on any atom is 0.329 e. The molecule has 0 atom stereocenters. The van der Waals surface area contributed by atoms with Crippen LogP contribution in [0, 0.1) is 40.4 Å². The molecule has 0 saturated heterocycles. The molecule has 1 N–H and O–H groups in total. The molecular weight excluding hydrogens is 261 g/mol. The Morgan fingerprint density at radius 1 is 1.00 bits per heavy atom. The van der Waals surface area contributed by atoms with E-state index in [1.54, 1.807) is 0 Å². The Balaban J connectivity index is 3.71. The first-order valence-corrected chi connectivity index (χ1v) is 4.17. The predicted molar refractivity (Wildman–Crippen MR) is 47.5 cm³/mol. The van der Waals surface area contributed by atoms with Crippen molar-refractivity contribution >= 4 is 11.5 Å². The Hall–Kier alpha value is -2.43. The lowest BCUT2D eigenvalue weighted by Gasteiger charge is -2.06. The van der Waals surface area contributed by atoms with Crippen molar-refractivity contribution in [3.63, 3.8) is 0 Å². The molecule has 94 valence electrons. The number of halogens is 5. The first-order valence-electron chi connectivity index (χ1n) is 4.17. The Morgan fingerprint density at radius 2 is 1.39 bits per heavy atom. The number of aliphatic carboxylic acids is 1. The van der Waals surface area contributed by atoms with Crippen LogP contribution in [0.3, 0.4) is 0 Å². The largest absolute Gasteiger partial charge is 0.478 e. The summed E-state index contributed by atoms with van der Waals surface area (Å²) in [6, 6.07) is 1.05. The van der Waals surface area contributed by atoms with E-state index >= 15 is 0 Å². The Kier molecular flexibility index (Phi) is 3.66. The summed E-state index contributed by atoms with van der Waals surface area (Å²) in [5.74, 6) is -13.2. The SMILES string of the molecule is N#C/C(=C/C(=O)O)c1c(F)c(F)c(F)c(F)c1F. The topological polar surface area (TPSA) is 61.1 Å². The maximum absolute atomic E-state index is 13.2. The van der Waals surface area contributed by atoms with Crippen molar-refractivity contribution in [2.45, 2.75) is 0 Å². The second-order valence-corrected chi connectivity index (χ2v) is 2.95. The van der Waals surface area contributed by atoms with Gasteiger partial charge in [-0.1, -0.05) is 0 Å². The Labute approximate surface area is 96.4 Å². The van der Waals surface area contributed by atoms with Crippen LogP contribution in [0.5, 0.6) is 0 Å². The van der Waals surface area contributed by atoms with E-state index in [0.29, 0.717) is 0 Å². The average Bonchev–Trinajstić information content (AvgIpc) is 2.32. The molecule has 0 fully saturated rings. The zero-order valence-electron chi connectivity index (χ0n) is 8.27. The minimum Gasteiger partial charge on any atom is -0.478 e. The van der Waals surface area contributed by atoms with E-state index in [4.69, 9.17) is 10.4 Å². The van der Waals surface area contributed by atoms with E-state index < -0.39 is 46.2 Å². The molecule has 1 aromatic carbocycles. The standard InChI is InChI=1S/C10H2F5NO2/c11-6-5(3(2-16)1-4(17)18)7(12)9(14)10(15)8(6)13/h1H,(H,17,18)/b3-1-. The van der Waals surface area contributed by atoms with Crippen molar-refractivity contribution in [3.05, 3.63) is 40.7 Å². The molecule has 8 heteroatoms. The predicted octanol–water partition coefficient (Wildman–Crippen LogP) is 2.37. The lowest BCUT2D eigenvalue weighted by Crippen LogP contribution is -2.07. The summed E-state index contributed by atoms with van der Waals surface area (Å²) in [6.07, 6.45) is 0.0400. The first-order chi connectivity index (χ1) is 8.31. The van der Waals surface area contributed by atoms with Gasteiger partial charge in [-0.2, -0.15) is 5.26 Å². The smallest absolute Gasteiger partial charge is 0.329 e. The van der Waals surface area contributed by atoms with Crippen molar-refractivity contribution in [1.82, 2.24) is 0 Å². The van der Waals surface area contributed by atoms with Gasteiger partial charge < -0.3 is 5.11 Å². The number of nitriles is 1. The van der Waals surface area contributed by atoms with Gasteiger partial charge in [0.2, 0.25) is 5.82 Å². The van der Waals surface area contributed by atoms with Crippen LogP contribution in [0.25, 0.3) is 5.57 Å². The summed E-state index contributed by atoms with van der Waals surface area (Å²) in [7, 11) is 0. The number of hydrogen-bond acceptors (Lipinski definition) is 2. The zero-order chi connectivity index (χ0) is 14.0. The molecule has 0 aliphatic rings. The van der Waals surface area contributed by atoms with Crippen LogP contribution in [0.15, 0.2) is 6.08 Å². The monoisotopic (exact) mass is 263 g/mol. The van der Waals surface area contributed by atoms with Crippen LogP contribution in [-0.2, 0) is 4.79 Å². The molecule has 3 nitrogen and oxygen atoms in total. The molecule has 1 rings (SSSR count). The van der Waals surface area contributed by atoms with Crippen LogP contribution in [0.2, 0.25) is 0 Å². The van der Waals surface area contributed by atoms with Crippen molar-refractivity contribution in [1.29, 1.82) is 5.26 Å². The highest BCUT2D eigenvalue weighted by atomic mass is 19.2. The normalized spacial score (nSPS) is 11.2. The van der Waals surface area contributed by atoms with E-state index in [1.807, 2.05) is 0 Å². The third-order valence-electron chi connectivity index (χ3n) is 1.87. The van der Waals surface area contributed by atoms with Gasteiger partial charge in [0.25, 0.3) is 0 Å². The quantitative estimate of drug-likeness (QED) is 0.293. The van der Waals surface area contributed by atoms with E-state index in [0.717, 1.165) is 6.07 Å². The minimum atomic E-state index is -2.39. The molecule has 0 radical (unpaired) electrons. The number of rotatable bonds is 2. The van der Waals surface area contributed by atoms with E-state index in [-0.39, 0.29) is 6.08 Å². The van der Waals surface area contributed by atoms with Crippen LogP contribution >= 0.6 is 0 Å². The molecular formula is C10H2F5NO2. The number of allylic oxidation sites excluding steroid dienone is 1. The van der Waals surface area contributed by atoms with Gasteiger partial charge in [-0.3, -0.25) is 0 Å². The van der Waals surface area contributed by atoms with E-state index in [2.05, 4.69) is 0 Å². The maximum atomic E-state index is 13.2. The Bertz CT molecular complexity index is 574. The second-order valence-electron chi connectivity index (χ2n) is 2.95. The van der Waals surface area contributed by atoms with Crippen LogP contribution in [0.4, 0.5) is 22.0 Å². The fraction of sp³-hybridized carbons (Fsp3) is 0. The molecule has 0 amide bonds. The Morgan fingerprint density at radius 3 is 1.72 bits per heavy atom. The highest BCUT2D eigenvalue weighted by Crippen LogP contribution is 2.28. The molecule has 0 aliphatic heterocycles. The van der Waals surface area contributed by atoms with Gasteiger partial charge >= 0.3 is 5.97 Å². The summed E-state index contributed by atoms with van der Waals surface area (Å²) in [6.45, 7) is 0. The summed E-state index contributed by atoms with van der Waals surface area (Å²) in [5.41, 5.74) is -2.76. The number of hydrogen-bond donors (Lipinski definition) is 1. The van der Waals surface area contributed by atoms with Crippen molar-refractivity contribution < 1.29 is 31.9 Å². The fourth-order valence-corrected chi connectivity index (χ4v) is 1.13. The number of benzene rings is 1. The van der Waals surface area contributed by atoms with Gasteiger partial charge in [0.1, 0.15) is 6.07 Å². The van der Waals surface area contributed by atoms with E-state index in [1.165, 1.54) is 0 Å². The molecule has 0 saturated carbocycles.